The molecule has 0 bridgehead atoms. The molecule has 1 atom stereocenters. The number of carbonyl (C=O) groups excluding carboxylic acids is 1. The van der Waals surface area contributed by atoms with E-state index in [0.29, 0.717) is 0 Å². The third-order valence-electron chi connectivity index (χ3n) is 1.07. The van der Waals surface area contributed by atoms with Crippen molar-refractivity contribution in [1.29, 1.82) is 0 Å². The van der Waals surface area contributed by atoms with Crippen LogP contribution in [0.5, 0.6) is 0 Å². The fourth-order valence-corrected chi connectivity index (χ4v) is 0.535. The minimum atomic E-state index is -1.78. The quantitative estimate of drug-likeness (QED) is 0.284. The van der Waals surface area contributed by atoms with Crippen molar-refractivity contribution in [2.45, 2.75) is 18.8 Å². The summed E-state index contributed by atoms with van der Waals surface area (Å²) in [4.78, 5) is 20.8. The molecule has 0 aromatic carbocycles. The van der Waals surface area contributed by atoms with Crippen molar-refractivity contribution >= 4 is 11.9 Å². The van der Waals surface area contributed by atoms with Gasteiger partial charge < -0.3 is 25.8 Å². The SMILES string of the molecule is N[C@@H](CC(=O)O)C(=O)OCC(O)O. The van der Waals surface area contributed by atoms with E-state index in [0.717, 1.165) is 0 Å². The number of hydrogen-bond acceptors (Lipinski definition) is 6. The van der Waals surface area contributed by atoms with Crippen LogP contribution in [0.4, 0.5) is 0 Å². The van der Waals surface area contributed by atoms with Gasteiger partial charge >= 0.3 is 11.9 Å². The van der Waals surface area contributed by atoms with Gasteiger partial charge in [-0.1, -0.05) is 0 Å². The zero-order chi connectivity index (χ0) is 10.4. The number of hydrogen-bond donors (Lipinski definition) is 4. The van der Waals surface area contributed by atoms with E-state index in [1.54, 1.807) is 0 Å². The molecule has 0 unspecified atom stereocenters. The van der Waals surface area contributed by atoms with Gasteiger partial charge in [-0.15, -0.1) is 0 Å². The Morgan fingerprint density at radius 1 is 1.38 bits per heavy atom. The third kappa shape index (κ3) is 6.02. The van der Waals surface area contributed by atoms with Crippen LogP contribution in [-0.2, 0) is 14.3 Å². The van der Waals surface area contributed by atoms with Gasteiger partial charge in [-0.2, -0.15) is 0 Å². The number of aliphatic hydroxyl groups is 2. The summed E-state index contributed by atoms with van der Waals surface area (Å²) in [6.07, 6.45) is -2.33. The van der Waals surface area contributed by atoms with Crippen LogP contribution in [0.15, 0.2) is 0 Å². The first-order valence-corrected chi connectivity index (χ1v) is 3.43. The lowest BCUT2D eigenvalue weighted by atomic mass is 10.2. The van der Waals surface area contributed by atoms with Crippen LogP contribution in [0, 0.1) is 0 Å². The predicted octanol–water partition coefficient (Wildman–Crippen LogP) is -2.36. The number of rotatable bonds is 5. The number of aliphatic carboxylic acids is 1. The van der Waals surface area contributed by atoms with Gasteiger partial charge in [-0.3, -0.25) is 9.59 Å². The van der Waals surface area contributed by atoms with E-state index in [9.17, 15) is 9.59 Å². The molecule has 7 heteroatoms. The molecule has 0 aromatic heterocycles. The number of nitrogens with two attached hydrogens (primary N) is 1. The van der Waals surface area contributed by atoms with Crippen molar-refractivity contribution in [2.75, 3.05) is 6.61 Å². The maximum absolute atomic E-state index is 10.8. The number of carboxylic acid groups (broad SMARTS) is 1. The first kappa shape index (κ1) is 11.8. The Morgan fingerprint density at radius 3 is 2.31 bits per heavy atom. The molecule has 7 nitrogen and oxygen atoms in total. The molecule has 0 fully saturated rings. The Balaban J connectivity index is 3.76. The molecule has 13 heavy (non-hydrogen) atoms. The average Bonchev–Trinajstić information content (AvgIpc) is 1.98. The highest BCUT2D eigenvalue weighted by Crippen LogP contribution is 1.93. The Labute approximate surface area is 73.7 Å². The van der Waals surface area contributed by atoms with E-state index >= 15 is 0 Å². The summed E-state index contributed by atoms with van der Waals surface area (Å²) in [5.74, 6) is -2.20. The van der Waals surface area contributed by atoms with Gasteiger partial charge in [-0.25, -0.2) is 0 Å². The molecule has 0 radical (unpaired) electrons. The molecular weight excluding hydrogens is 182 g/mol. The van der Waals surface area contributed by atoms with Crippen LogP contribution in [0.25, 0.3) is 0 Å². The van der Waals surface area contributed by atoms with Crippen molar-refractivity contribution in [3.05, 3.63) is 0 Å². The van der Waals surface area contributed by atoms with Crippen LogP contribution >= 0.6 is 0 Å². The number of esters is 1. The minimum absolute atomic E-state index is 0.555. The van der Waals surface area contributed by atoms with Crippen molar-refractivity contribution in [2.24, 2.45) is 5.73 Å². The summed E-state index contributed by atoms with van der Waals surface area (Å²) in [5, 5.41) is 24.8. The highest BCUT2D eigenvalue weighted by molar-refractivity contribution is 5.81. The average molecular weight is 193 g/mol. The van der Waals surface area contributed by atoms with Crippen LogP contribution in [0.1, 0.15) is 6.42 Å². The summed E-state index contributed by atoms with van der Waals surface area (Å²) in [6, 6.07) is -1.28. The number of aliphatic hydroxyl groups excluding tert-OH is 1. The Kier molecular flexibility index (Phi) is 4.97. The second-order valence-electron chi connectivity index (χ2n) is 2.32. The zero-order valence-corrected chi connectivity index (χ0v) is 6.71. The predicted molar refractivity (Wildman–Crippen MR) is 39.4 cm³/mol. The molecular formula is C6H11NO6. The standard InChI is InChI=1S/C6H11NO6/c7-3(1-4(8)9)6(12)13-2-5(10)11/h3,5,10-11H,1-2,7H2,(H,8,9)/t3-/m0/s1. The monoisotopic (exact) mass is 193 g/mol. The molecule has 0 rings (SSSR count). The lowest BCUT2D eigenvalue weighted by Gasteiger charge is -2.09. The molecule has 0 saturated heterocycles. The van der Waals surface area contributed by atoms with Crippen LogP contribution < -0.4 is 5.73 Å². The van der Waals surface area contributed by atoms with Crippen LogP contribution in [-0.4, -0.2) is 46.2 Å². The lowest BCUT2D eigenvalue weighted by Crippen LogP contribution is -2.35. The Bertz CT molecular complexity index is 192. The van der Waals surface area contributed by atoms with E-state index < -0.39 is 37.3 Å². The summed E-state index contributed by atoms with van der Waals surface area (Å²) < 4.78 is 4.24. The van der Waals surface area contributed by atoms with Gasteiger partial charge in [-0.05, 0) is 0 Å². The van der Waals surface area contributed by atoms with Crippen LogP contribution in [0.2, 0.25) is 0 Å². The van der Waals surface area contributed by atoms with Crippen molar-refractivity contribution in [3.63, 3.8) is 0 Å². The Hall–Kier alpha value is -1.18. The van der Waals surface area contributed by atoms with Crippen molar-refractivity contribution in [3.8, 4) is 0 Å². The molecule has 76 valence electrons. The summed E-state index contributed by atoms with van der Waals surface area (Å²) in [5.41, 5.74) is 5.09. The number of ether oxygens (including phenoxy) is 1. The lowest BCUT2D eigenvalue weighted by molar-refractivity contribution is -0.159. The first-order chi connectivity index (χ1) is 5.93. The summed E-state index contributed by atoms with van der Waals surface area (Å²) in [7, 11) is 0. The fraction of sp³-hybridized carbons (Fsp3) is 0.667. The van der Waals surface area contributed by atoms with Crippen molar-refractivity contribution < 1.29 is 29.6 Å². The van der Waals surface area contributed by atoms with E-state index in [2.05, 4.69) is 4.74 Å². The topological polar surface area (TPSA) is 130 Å². The second-order valence-corrected chi connectivity index (χ2v) is 2.32. The largest absolute Gasteiger partial charge is 0.481 e. The molecule has 0 aliphatic carbocycles. The van der Waals surface area contributed by atoms with Crippen LogP contribution in [0.3, 0.4) is 0 Å². The molecule has 0 aromatic rings. The van der Waals surface area contributed by atoms with E-state index in [-0.39, 0.29) is 0 Å². The Morgan fingerprint density at radius 2 is 1.92 bits per heavy atom. The summed E-state index contributed by atoms with van der Waals surface area (Å²) in [6.45, 7) is -0.619. The third-order valence-corrected chi connectivity index (χ3v) is 1.07. The highest BCUT2D eigenvalue weighted by Gasteiger charge is 2.18. The van der Waals surface area contributed by atoms with Crippen molar-refractivity contribution in [1.82, 2.24) is 0 Å². The maximum Gasteiger partial charge on any atom is 0.323 e. The highest BCUT2D eigenvalue weighted by atomic mass is 16.6. The molecule has 0 saturated carbocycles. The zero-order valence-electron chi connectivity index (χ0n) is 6.71. The van der Waals surface area contributed by atoms with Gasteiger partial charge in [0.25, 0.3) is 0 Å². The first-order valence-electron chi connectivity index (χ1n) is 3.43. The molecule has 0 spiro atoms. The maximum atomic E-state index is 10.8. The minimum Gasteiger partial charge on any atom is -0.481 e. The fourth-order valence-electron chi connectivity index (χ4n) is 0.535. The molecule has 0 heterocycles. The van der Waals surface area contributed by atoms with E-state index in [1.165, 1.54) is 0 Å². The normalized spacial score (nSPS) is 12.6. The number of carboxylic acids is 1. The number of carbonyl (C=O) groups is 2. The molecule has 0 aliphatic heterocycles. The second kappa shape index (κ2) is 5.46. The van der Waals surface area contributed by atoms with Gasteiger partial charge in [0.05, 0.1) is 6.42 Å². The smallest absolute Gasteiger partial charge is 0.323 e. The molecule has 0 amide bonds. The van der Waals surface area contributed by atoms with Gasteiger partial charge in [0, 0.05) is 0 Å². The van der Waals surface area contributed by atoms with Gasteiger partial charge in [0.1, 0.15) is 12.6 Å². The van der Waals surface area contributed by atoms with Gasteiger partial charge in [0.2, 0.25) is 0 Å². The van der Waals surface area contributed by atoms with E-state index in [1.807, 2.05) is 0 Å². The van der Waals surface area contributed by atoms with Gasteiger partial charge in [0.15, 0.2) is 6.29 Å². The summed E-state index contributed by atoms with van der Waals surface area (Å²) >= 11 is 0. The molecule has 5 N–H and O–H groups in total. The van der Waals surface area contributed by atoms with E-state index in [4.69, 9.17) is 21.1 Å². The molecule has 0 aliphatic rings.